The van der Waals surface area contributed by atoms with E-state index in [1.807, 2.05) is 0 Å². The first-order valence-corrected chi connectivity index (χ1v) is 6.57. The molecular formula is C11H9F2N3O2S. The molecule has 0 radical (unpaired) electrons. The number of halogens is 2. The maximum absolute atomic E-state index is 13.5. The third-order valence-corrected chi connectivity index (χ3v) is 3.61. The van der Waals surface area contributed by atoms with Crippen molar-refractivity contribution in [3.8, 4) is 0 Å². The van der Waals surface area contributed by atoms with Crippen LogP contribution in [0.5, 0.6) is 0 Å². The number of sulfonamides is 1. The van der Waals surface area contributed by atoms with Crippen LogP contribution in [0.4, 0.5) is 20.3 Å². The Morgan fingerprint density at radius 3 is 2.53 bits per heavy atom. The molecule has 0 atom stereocenters. The van der Waals surface area contributed by atoms with Crippen molar-refractivity contribution < 1.29 is 17.2 Å². The molecule has 1 aromatic carbocycles. The van der Waals surface area contributed by atoms with E-state index in [0.717, 1.165) is 6.07 Å². The van der Waals surface area contributed by atoms with Crippen molar-refractivity contribution in [2.45, 2.75) is 4.90 Å². The van der Waals surface area contributed by atoms with Gasteiger partial charge < -0.3 is 5.73 Å². The van der Waals surface area contributed by atoms with E-state index in [2.05, 4.69) is 9.71 Å². The molecule has 1 heterocycles. The number of pyridine rings is 1. The van der Waals surface area contributed by atoms with Crippen LogP contribution in [0.2, 0.25) is 0 Å². The summed E-state index contributed by atoms with van der Waals surface area (Å²) in [5.41, 5.74) is 4.77. The van der Waals surface area contributed by atoms with Crippen molar-refractivity contribution in [2.75, 3.05) is 10.5 Å². The number of hydrogen-bond acceptors (Lipinski definition) is 4. The molecule has 2 aromatic rings. The van der Waals surface area contributed by atoms with Gasteiger partial charge in [-0.05, 0) is 18.2 Å². The smallest absolute Gasteiger partial charge is 0.266 e. The molecule has 19 heavy (non-hydrogen) atoms. The number of benzene rings is 1. The highest BCUT2D eigenvalue weighted by molar-refractivity contribution is 7.92. The summed E-state index contributed by atoms with van der Waals surface area (Å²) in [7, 11) is -4.22. The van der Waals surface area contributed by atoms with E-state index in [1.54, 1.807) is 12.1 Å². The van der Waals surface area contributed by atoms with Gasteiger partial charge in [0.2, 0.25) is 0 Å². The van der Waals surface area contributed by atoms with Crippen LogP contribution in [0.3, 0.4) is 0 Å². The Balaban J connectivity index is 2.43. The predicted molar refractivity (Wildman–Crippen MR) is 65.8 cm³/mol. The molecule has 0 amide bonds. The van der Waals surface area contributed by atoms with E-state index in [1.165, 1.54) is 12.3 Å². The molecule has 0 fully saturated rings. The van der Waals surface area contributed by atoms with E-state index < -0.39 is 32.2 Å². The second-order valence-electron chi connectivity index (χ2n) is 3.62. The molecule has 0 aliphatic heterocycles. The molecule has 1 aromatic heterocycles. The van der Waals surface area contributed by atoms with Gasteiger partial charge >= 0.3 is 0 Å². The third kappa shape index (κ3) is 2.79. The van der Waals surface area contributed by atoms with E-state index in [0.29, 0.717) is 6.07 Å². The van der Waals surface area contributed by atoms with E-state index >= 15 is 0 Å². The molecule has 0 aliphatic rings. The van der Waals surface area contributed by atoms with Gasteiger partial charge in [0.25, 0.3) is 10.0 Å². The fraction of sp³-hybridized carbons (Fsp3) is 0. The summed E-state index contributed by atoms with van der Waals surface area (Å²) in [6.45, 7) is 0. The molecule has 0 unspecified atom stereocenters. The van der Waals surface area contributed by atoms with Crippen LogP contribution >= 0.6 is 0 Å². The van der Waals surface area contributed by atoms with Gasteiger partial charge in [-0.2, -0.15) is 0 Å². The zero-order valence-corrected chi connectivity index (χ0v) is 10.3. The Hall–Kier alpha value is -2.22. The fourth-order valence-corrected chi connectivity index (χ4v) is 2.47. The summed E-state index contributed by atoms with van der Waals surface area (Å²) in [5.74, 6) is -2.23. The van der Waals surface area contributed by atoms with Gasteiger partial charge in [0, 0.05) is 12.3 Å². The summed E-state index contributed by atoms with van der Waals surface area (Å²) in [4.78, 5) is 3.00. The lowest BCUT2D eigenvalue weighted by molar-refractivity contribution is 0.553. The predicted octanol–water partition coefficient (Wildman–Crippen LogP) is 1.74. The quantitative estimate of drug-likeness (QED) is 0.841. The van der Waals surface area contributed by atoms with Crippen LogP contribution in [-0.2, 0) is 10.0 Å². The normalized spacial score (nSPS) is 11.3. The Morgan fingerprint density at radius 1 is 1.16 bits per heavy atom. The fourth-order valence-electron chi connectivity index (χ4n) is 1.37. The maximum atomic E-state index is 13.5. The first-order valence-electron chi connectivity index (χ1n) is 5.08. The van der Waals surface area contributed by atoms with Crippen LogP contribution < -0.4 is 10.5 Å². The van der Waals surface area contributed by atoms with E-state index in [4.69, 9.17) is 5.73 Å². The molecule has 0 spiro atoms. The van der Waals surface area contributed by atoms with Gasteiger partial charge in [0.15, 0.2) is 0 Å². The van der Waals surface area contributed by atoms with Gasteiger partial charge in [0.1, 0.15) is 22.3 Å². The van der Waals surface area contributed by atoms with Gasteiger partial charge in [0.05, 0.1) is 5.69 Å². The standard InChI is InChI=1S/C11H9F2N3O2S/c12-7-5-8(13)10(6-9(7)14)19(17,18)16-11-3-1-2-4-15-11/h1-6H,14H2,(H,15,16). The molecule has 2 rings (SSSR count). The molecular weight excluding hydrogens is 276 g/mol. The maximum Gasteiger partial charge on any atom is 0.266 e. The van der Waals surface area contributed by atoms with Crippen LogP contribution in [0, 0.1) is 11.6 Å². The van der Waals surface area contributed by atoms with Crippen LogP contribution in [0.25, 0.3) is 0 Å². The average molecular weight is 285 g/mol. The number of aromatic nitrogens is 1. The van der Waals surface area contributed by atoms with Gasteiger partial charge in [-0.1, -0.05) is 6.07 Å². The van der Waals surface area contributed by atoms with Gasteiger partial charge in [-0.15, -0.1) is 0 Å². The highest BCUT2D eigenvalue weighted by Crippen LogP contribution is 2.22. The summed E-state index contributed by atoms with van der Waals surface area (Å²) >= 11 is 0. The molecule has 0 saturated heterocycles. The number of anilines is 2. The lowest BCUT2D eigenvalue weighted by Gasteiger charge is -2.09. The van der Waals surface area contributed by atoms with E-state index in [9.17, 15) is 17.2 Å². The van der Waals surface area contributed by atoms with Crippen molar-refractivity contribution in [3.63, 3.8) is 0 Å². The second-order valence-corrected chi connectivity index (χ2v) is 5.28. The van der Waals surface area contributed by atoms with Crippen LogP contribution in [0.1, 0.15) is 0 Å². The number of nitrogens with two attached hydrogens (primary N) is 1. The minimum absolute atomic E-state index is 0.0183. The minimum atomic E-state index is -4.22. The Kier molecular flexibility index (Phi) is 3.34. The van der Waals surface area contributed by atoms with Crippen molar-refractivity contribution in [1.29, 1.82) is 0 Å². The van der Waals surface area contributed by atoms with Crippen LogP contribution in [0.15, 0.2) is 41.4 Å². The lowest BCUT2D eigenvalue weighted by atomic mass is 10.3. The molecule has 0 saturated carbocycles. The Morgan fingerprint density at radius 2 is 1.89 bits per heavy atom. The minimum Gasteiger partial charge on any atom is -0.396 e. The van der Waals surface area contributed by atoms with Crippen molar-refractivity contribution in [3.05, 3.63) is 48.2 Å². The third-order valence-electron chi connectivity index (χ3n) is 2.24. The Bertz CT molecular complexity index is 705. The largest absolute Gasteiger partial charge is 0.396 e. The molecule has 0 bridgehead atoms. The number of nitrogens with one attached hydrogen (secondary N) is 1. The monoisotopic (exact) mass is 285 g/mol. The molecule has 3 N–H and O–H groups in total. The first-order chi connectivity index (χ1) is 8.90. The van der Waals surface area contributed by atoms with Crippen molar-refractivity contribution >= 4 is 21.5 Å². The highest BCUT2D eigenvalue weighted by atomic mass is 32.2. The second kappa shape index (κ2) is 4.81. The lowest BCUT2D eigenvalue weighted by Crippen LogP contribution is -2.16. The Labute approximate surface area is 108 Å². The average Bonchev–Trinajstić information content (AvgIpc) is 2.34. The summed E-state index contributed by atoms with van der Waals surface area (Å²) in [5, 5.41) is 0. The number of nitrogens with zero attached hydrogens (tertiary/aromatic N) is 1. The summed E-state index contributed by atoms with van der Waals surface area (Å²) < 4.78 is 52.4. The van der Waals surface area contributed by atoms with Gasteiger partial charge in [-0.3, -0.25) is 4.72 Å². The zero-order valence-electron chi connectivity index (χ0n) is 9.47. The highest BCUT2D eigenvalue weighted by Gasteiger charge is 2.21. The summed E-state index contributed by atoms with van der Waals surface area (Å²) in [6.07, 6.45) is 1.37. The number of hydrogen-bond donors (Lipinski definition) is 2. The SMILES string of the molecule is Nc1cc(S(=O)(=O)Nc2ccccn2)c(F)cc1F. The van der Waals surface area contributed by atoms with Crippen LogP contribution in [-0.4, -0.2) is 13.4 Å². The van der Waals surface area contributed by atoms with Crippen molar-refractivity contribution in [1.82, 2.24) is 4.98 Å². The molecule has 8 heteroatoms. The van der Waals surface area contributed by atoms with Gasteiger partial charge in [-0.25, -0.2) is 22.2 Å². The zero-order chi connectivity index (χ0) is 14.0. The topological polar surface area (TPSA) is 85.1 Å². The first kappa shape index (κ1) is 13.2. The molecule has 0 aliphatic carbocycles. The number of rotatable bonds is 3. The molecule has 5 nitrogen and oxygen atoms in total. The van der Waals surface area contributed by atoms with Crippen molar-refractivity contribution in [2.24, 2.45) is 0 Å². The summed E-state index contributed by atoms with van der Waals surface area (Å²) in [6, 6.07) is 5.68. The molecule has 100 valence electrons. The number of nitrogen functional groups attached to an aromatic ring is 1. The van der Waals surface area contributed by atoms with E-state index in [-0.39, 0.29) is 5.82 Å².